The highest BCUT2D eigenvalue weighted by molar-refractivity contribution is 5.88. The number of ether oxygens (including phenoxy) is 1. The quantitative estimate of drug-likeness (QED) is 0.856. The highest BCUT2D eigenvalue weighted by Gasteiger charge is 2.22. The third-order valence-corrected chi connectivity index (χ3v) is 3.51. The molecule has 1 aromatic heterocycles. The molecule has 1 N–H and O–H groups in total. The summed E-state index contributed by atoms with van der Waals surface area (Å²) in [5.74, 6) is -0.918. The van der Waals surface area contributed by atoms with Gasteiger partial charge in [0.2, 0.25) is 0 Å². The Morgan fingerprint density at radius 1 is 1.61 bits per heavy atom. The van der Waals surface area contributed by atoms with Gasteiger partial charge in [-0.2, -0.15) is 5.10 Å². The van der Waals surface area contributed by atoms with E-state index in [1.165, 1.54) is 6.20 Å². The van der Waals surface area contributed by atoms with Crippen LogP contribution in [0, 0.1) is 0 Å². The molecular formula is C12H19N3O3. The van der Waals surface area contributed by atoms with Gasteiger partial charge in [-0.15, -0.1) is 0 Å². The van der Waals surface area contributed by atoms with Crippen molar-refractivity contribution >= 4 is 5.97 Å². The first-order chi connectivity index (χ1) is 8.59. The summed E-state index contributed by atoms with van der Waals surface area (Å²) < 4.78 is 6.97. The van der Waals surface area contributed by atoms with Gasteiger partial charge < -0.3 is 9.84 Å². The minimum absolute atomic E-state index is 0.288. The summed E-state index contributed by atoms with van der Waals surface area (Å²) in [6.45, 7) is 2.17. The number of carboxylic acids is 1. The molecule has 0 saturated carbocycles. The van der Waals surface area contributed by atoms with Crippen LogP contribution in [-0.2, 0) is 18.3 Å². The fourth-order valence-electron chi connectivity index (χ4n) is 2.32. The summed E-state index contributed by atoms with van der Waals surface area (Å²) in [6, 6.07) is 0.454. The predicted octanol–water partition coefficient (Wildman–Crippen LogP) is 0.729. The number of carbonyl (C=O) groups is 1. The molecule has 0 aromatic carbocycles. The standard InChI is InChI=1S/C12H19N3O3/c1-14(9-3-5-18-6-4-9)8-11-10(12(16)17)7-13-15(11)2/h7,9H,3-6,8H2,1-2H3,(H,16,17). The molecule has 1 aliphatic heterocycles. The second-order valence-corrected chi connectivity index (χ2v) is 4.69. The van der Waals surface area contributed by atoms with Crippen LogP contribution >= 0.6 is 0 Å². The number of aryl methyl sites for hydroxylation is 1. The van der Waals surface area contributed by atoms with E-state index in [-0.39, 0.29) is 5.56 Å². The van der Waals surface area contributed by atoms with Crippen molar-refractivity contribution in [1.82, 2.24) is 14.7 Å². The maximum Gasteiger partial charge on any atom is 0.339 e. The zero-order valence-electron chi connectivity index (χ0n) is 10.8. The Hall–Kier alpha value is -1.40. The minimum Gasteiger partial charge on any atom is -0.478 e. The number of hydrogen-bond donors (Lipinski definition) is 1. The molecule has 0 unspecified atom stereocenters. The largest absolute Gasteiger partial charge is 0.478 e. The lowest BCUT2D eigenvalue weighted by Crippen LogP contribution is -2.36. The van der Waals surface area contributed by atoms with Gasteiger partial charge in [-0.1, -0.05) is 0 Å². The van der Waals surface area contributed by atoms with E-state index in [1.54, 1.807) is 11.7 Å². The van der Waals surface area contributed by atoms with Crippen LogP contribution in [0.2, 0.25) is 0 Å². The van der Waals surface area contributed by atoms with E-state index in [0.29, 0.717) is 12.6 Å². The second kappa shape index (κ2) is 5.49. The third-order valence-electron chi connectivity index (χ3n) is 3.51. The Bertz CT molecular complexity index is 424. The SMILES string of the molecule is CN(Cc1c(C(=O)O)cnn1C)C1CCOCC1. The van der Waals surface area contributed by atoms with E-state index in [9.17, 15) is 4.79 Å². The van der Waals surface area contributed by atoms with E-state index in [4.69, 9.17) is 9.84 Å². The Morgan fingerprint density at radius 2 is 2.28 bits per heavy atom. The van der Waals surface area contributed by atoms with Crippen molar-refractivity contribution in [2.75, 3.05) is 20.3 Å². The van der Waals surface area contributed by atoms with Gasteiger partial charge in [0, 0.05) is 32.8 Å². The zero-order chi connectivity index (χ0) is 13.1. The lowest BCUT2D eigenvalue weighted by molar-refractivity contribution is 0.0397. The first-order valence-corrected chi connectivity index (χ1v) is 6.11. The molecule has 18 heavy (non-hydrogen) atoms. The number of rotatable bonds is 4. The van der Waals surface area contributed by atoms with Gasteiger partial charge in [-0.05, 0) is 19.9 Å². The summed E-state index contributed by atoms with van der Waals surface area (Å²) >= 11 is 0. The molecule has 1 aliphatic rings. The van der Waals surface area contributed by atoms with E-state index in [2.05, 4.69) is 10.00 Å². The van der Waals surface area contributed by atoms with Crippen LogP contribution in [0.1, 0.15) is 28.9 Å². The molecule has 0 spiro atoms. The number of aromatic nitrogens is 2. The Balaban J connectivity index is 2.08. The van der Waals surface area contributed by atoms with Gasteiger partial charge in [0.25, 0.3) is 0 Å². The van der Waals surface area contributed by atoms with Crippen LogP contribution in [0.15, 0.2) is 6.20 Å². The van der Waals surface area contributed by atoms with E-state index in [0.717, 1.165) is 31.7 Å². The monoisotopic (exact) mass is 253 g/mol. The van der Waals surface area contributed by atoms with Crippen LogP contribution in [0.4, 0.5) is 0 Å². The Morgan fingerprint density at radius 3 is 2.89 bits per heavy atom. The lowest BCUT2D eigenvalue weighted by Gasteiger charge is -2.31. The van der Waals surface area contributed by atoms with Gasteiger partial charge in [0.05, 0.1) is 11.9 Å². The number of carboxylic acid groups (broad SMARTS) is 1. The van der Waals surface area contributed by atoms with E-state index in [1.807, 2.05) is 7.05 Å². The topological polar surface area (TPSA) is 67.6 Å². The first-order valence-electron chi connectivity index (χ1n) is 6.11. The molecule has 0 atom stereocenters. The van der Waals surface area contributed by atoms with Gasteiger partial charge in [0.1, 0.15) is 5.56 Å². The molecule has 0 bridgehead atoms. The van der Waals surface area contributed by atoms with Crippen molar-refractivity contribution in [2.45, 2.75) is 25.4 Å². The molecule has 100 valence electrons. The van der Waals surface area contributed by atoms with Crippen LogP contribution in [-0.4, -0.2) is 52.1 Å². The number of hydrogen-bond acceptors (Lipinski definition) is 4. The highest BCUT2D eigenvalue weighted by Crippen LogP contribution is 2.17. The van der Waals surface area contributed by atoms with Gasteiger partial charge in [-0.3, -0.25) is 9.58 Å². The Labute approximate surface area is 106 Å². The Kier molecular flexibility index (Phi) is 3.98. The van der Waals surface area contributed by atoms with Crippen molar-refractivity contribution in [3.63, 3.8) is 0 Å². The maximum atomic E-state index is 11.1. The lowest BCUT2D eigenvalue weighted by atomic mass is 10.1. The smallest absolute Gasteiger partial charge is 0.339 e. The molecule has 1 saturated heterocycles. The summed E-state index contributed by atoms with van der Waals surface area (Å²) in [7, 11) is 3.80. The van der Waals surface area contributed by atoms with Crippen LogP contribution in [0.3, 0.4) is 0 Å². The third kappa shape index (κ3) is 2.70. The molecule has 0 radical (unpaired) electrons. The van der Waals surface area contributed by atoms with Crippen molar-refractivity contribution < 1.29 is 14.6 Å². The number of nitrogens with zero attached hydrogens (tertiary/aromatic N) is 3. The average molecular weight is 253 g/mol. The first kappa shape index (κ1) is 13.0. The zero-order valence-corrected chi connectivity index (χ0v) is 10.8. The molecule has 2 heterocycles. The van der Waals surface area contributed by atoms with E-state index >= 15 is 0 Å². The van der Waals surface area contributed by atoms with E-state index < -0.39 is 5.97 Å². The molecular weight excluding hydrogens is 234 g/mol. The van der Waals surface area contributed by atoms with Crippen LogP contribution < -0.4 is 0 Å². The molecule has 1 aromatic rings. The van der Waals surface area contributed by atoms with Gasteiger partial charge in [0.15, 0.2) is 0 Å². The summed E-state index contributed by atoms with van der Waals surface area (Å²) in [4.78, 5) is 13.3. The number of aromatic carboxylic acids is 1. The summed E-state index contributed by atoms with van der Waals surface area (Å²) in [5, 5.41) is 13.1. The second-order valence-electron chi connectivity index (χ2n) is 4.69. The van der Waals surface area contributed by atoms with Crippen molar-refractivity contribution in [2.24, 2.45) is 7.05 Å². The molecule has 0 amide bonds. The van der Waals surface area contributed by atoms with Crippen LogP contribution in [0.5, 0.6) is 0 Å². The summed E-state index contributed by atoms with van der Waals surface area (Å²) in [6.07, 6.45) is 3.41. The predicted molar refractivity (Wildman–Crippen MR) is 65.5 cm³/mol. The molecule has 1 fully saturated rings. The van der Waals surface area contributed by atoms with Crippen molar-refractivity contribution in [3.05, 3.63) is 17.5 Å². The van der Waals surface area contributed by atoms with Crippen LogP contribution in [0.25, 0.3) is 0 Å². The van der Waals surface area contributed by atoms with Gasteiger partial charge in [-0.25, -0.2) is 4.79 Å². The molecule has 2 rings (SSSR count). The normalized spacial score (nSPS) is 17.3. The fourth-order valence-corrected chi connectivity index (χ4v) is 2.32. The fraction of sp³-hybridized carbons (Fsp3) is 0.667. The summed E-state index contributed by atoms with van der Waals surface area (Å²) in [5.41, 5.74) is 1.04. The van der Waals surface area contributed by atoms with Gasteiger partial charge >= 0.3 is 5.97 Å². The van der Waals surface area contributed by atoms with Crippen molar-refractivity contribution in [3.8, 4) is 0 Å². The average Bonchev–Trinajstić information content (AvgIpc) is 2.72. The molecule has 6 heteroatoms. The highest BCUT2D eigenvalue weighted by atomic mass is 16.5. The minimum atomic E-state index is -0.918. The molecule has 6 nitrogen and oxygen atoms in total. The van der Waals surface area contributed by atoms with Crippen molar-refractivity contribution in [1.29, 1.82) is 0 Å². The maximum absolute atomic E-state index is 11.1. The molecule has 0 aliphatic carbocycles.